The second-order valence-corrected chi connectivity index (χ2v) is 6.84. The van der Waals surface area contributed by atoms with E-state index in [1.54, 1.807) is 0 Å². The molecule has 154 valence electrons. The van der Waals surface area contributed by atoms with Crippen LogP contribution in [0.25, 0.3) is 11.0 Å². The maximum absolute atomic E-state index is 12.6. The van der Waals surface area contributed by atoms with Crippen molar-refractivity contribution < 1.29 is 50.8 Å². The number of hydrogen-bond donors (Lipinski definition) is 4. The van der Waals surface area contributed by atoms with Gasteiger partial charge in [0, 0.05) is 11.5 Å². The van der Waals surface area contributed by atoms with E-state index in [9.17, 15) is 32.4 Å². The van der Waals surface area contributed by atoms with Crippen LogP contribution < -0.4 is 14.5 Å². The number of aliphatic hydroxyl groups excluding tert-OH is 4. The van der Waals surface area contributed by atoms with Crippen molar-refractivity contribution in [3.63, 3.8) is 0 Å². The van der Waals surface area contributed by atoms with Crippen molar-refractivity contribution >= 4 is 21.5 Å². The Balaban J connectivity index is 1.88. The van der Waals surface area contributed by atoms with E-state index < -0.39 is 64.9 Å². The Morgan fingerprint density at radius 2 is 1.82 bits per heavy atom. The number of aliphatic hydroxyl groups is 4. The Kier molecular flexibility index (Phi) is 5.56. The van der Waals surface area contributed by atoms with Gasteiger partial charge in [-0.15, -0.1) is 0 Å². The molecule has 13 heteroatoms. The minimum Gasteiger partial charge on any atom is -0.454 e. The average molecular weight is 422 g/mol. The van der Waals surface area contributed by atoms with Gasteiger partial charge in [-0.3, -0.25) is 0 Å². The highest BCUT2D eigenvalue weighted by Crippen LogP contribution is 2.26. The predicted octanol–water partition coefficient (Wildman–Crippen LogP) is -1.44. The van der Waals surface area contributed by atoms with Gasteiger partial charge in [-0.2, -0.15) is 8.42 Å². The van der Waals surface area contributed by atoms with Crippen LogP contribution in [0.2, 0.25) is 0 Å². The van der Waals surface area contributed by atoms with E-state index in [1.165, 1.54) is 6.07 Å². The van der Waals surface area contributed by atoms with E-state index in [1.807, 2.05) is 0 Å². The minimum absolute atomic E-state index is 0.146. The van der Waals surface area contributed by atoms with Crippen LogP contribution in [-0.2, 0) is 15.2 Å². The van der Waals surface area contributed by atoms with E-state index in [-0.39, 0.29) is 11.0 Å². The Morgan fingerprint density at radius 3 is 2.46 bits per heavy atom. The highest BCUT2D eigenvalue weighted by molar-refractivity contribution is 7.81. The van der Waals surface area contributed by atoms with Crippen molar-refractivity contribution in [1.82, 2.24) is 0 Å². The van der Waals surface area contributed by atoms with Gasteiger partial charge in [0.05, 0.1) is 6.61 Å². The maximum atomic E-state index is 12.6. The van der Waals surface area contributed by atoms with Crippen molar-refractivity contribution in [2.75, 3.05) is 6.61 Å². The lowest BCUT2D eigenvalue weighted by molar-refractivity contribution is -0.277. The highest BCUT2D eigenvalue weighted by atomic mass is 32.3. The number of halogens is 1. The molecule has 0 unspecified atom stereocenters. The van der Waals surface area contributed by atoms with Crippen molar-refractivity contribution in [3.8, 4) is 11.5 Å². The summed E-state index contributed by atoms with van der Waals surface area (Å²) in [7, 11) is -5.26. The second kappa shape index (κ2) is 7.62. The normalized spacial score (nSPS) is 28.2. The Morgan fingerprint density at radius 1 is 1.11 bits per heavy atom. The summed E-state index contributed by atoms with van der Waals surface area (Å²) in [6, 6.07) is 4.47. The van der Waals surface area contributed by atoms with Crippen molar-refractivity contribution in [2.45, 2.75) is 30.7 Å². The van der Waals surface area contributed by atoms with Gasteiger partial charge in [-0.05, 0) is 18.2 Å². The summed E-state index contributed by atoms with van der Waals surface area (Å²) >= 11 is 0. The van der Waals surface area contributed by atoms with Crippen molar-refractivity contribution in [1.29, 1.82) is 0 Å². The fourth-order valence-corrected chi connectivity index (χ4v) is 2.94. The van der Waals surface area contributed by atoms with Crippen LogP contribution in [0.1, 0.15) is 0 Å². The predicted molar refractivity (Wildman–Crippen MR) is 87.5 cm³/mol. The molecule has 1 aliphatic rings. The molecule has 1 aliphatic heterocycles. The number of rotatable bonds is 5. The molecule has 4 N–H and O–H groups in total. The second-order valence-electron chi connectivity index (χ2n) is 5.89. The number of hydrogen-bond acceptors (Lipinski definition) is 11. The fourth-order valence-electron chi connectivity index (χ4n) is 2.61. The quantitative estimate of drug-likeness (QED) is 0.328. The summed E-state index contributed by atoms with van der Waals surface area (Å²) in [5.74, 6) is -0.871. The van der Waals surface area contributed by atoms with Crippen molar-refractivity contribution in [3.05, 3.63) is 34.7 Å². The Bertz CT molecular complexity index is 1020. The molecule has 11 nitrogen and oxygen atoms in total. The average Bonchev–Trinajstić information content (AvgIpc) is 2.61. The first-order chi connectivity index (χ1) is 13.1. The van der Waals surface area contributed by atoms with E-state index in [2.05, 4.69) is 4.18 Å². The van der Waals surface area contributed by atoms with Crippen LogP contribution >= 0.6 is 0 Å². The number of benzene rings is 1. The molecular weight excluding hydrogens is 407 g/mol. The largest absolute Gasteiger partial charge is 0.488 e. The first-order valence-corrected chi connectivity index (χ1v) is 9.09. The third-order valence-corrected chi connectivity index (χ3v) is 4.35. The molecule has 2 aromatic rings. The van der Waals surface area contributed by atoms with Gasteiger partial charge in [0.2, 0.25) is 12.0 Å². The molecule has 1 aromatic heterocycles. The van der Waals surface area contributed by atoms with Gasteiger partial charge in [-0.1, -0.05) is 3.89 Å². The number of fused-ring (bicyclic) bond motifs is 1. The molecule has 0 bridgehead atoms. The van der Waals surface area contributed by atoms with Gasteiger partial charge in [0.15, 0.2) is 0 Å². The van der Waals surface area contributed by atoms with E-state index >= 15 is 0 Å². The summed E-state index contributed by atoms with van der Waals surface area (Å²) < 4.78 is 53.0. The first-order valence-electron chi connectivity index (χ1n) is 7.78. The van der Waals surface area contributed by atoms with Crippen LogP contribution in [0.5, 0.6) is 11.5 Å². The Hall–Kier alpha value is -2.29. The number of ether oxygens (including phenoxy) is 2. The third-order valence-electron chi connectivity index (χ3n) is 3.96. The molecule has 0 saturated carbocycles. The minimum atomic E-state index is -5.26. The van der Waals surface area contributed by atoms with Gasteiger partial charge in [0.1, 0.15) is 35.7 Å². The lowest BCUT2D eigenvalue weighted by Crippen LogP contribution is -2.60. The molecule has 2 heterocycles. The molecule has 1 aromatic carbocycles. The zero-order valence-corrected chi connectivity index (χ0v) is 14.7. The summed E-state index contributed by atoms with van der Waals surface area (Å²) in [6.07, 6.45) is -7.88. The zero-order valence-electron chi connectivity index (χ0n) is 13.8. The lowest BCUT2D eigenvalue weighted by atomic mass is 9.99. The van der Waals surface area contributed by atoms with Crippen LogP contribution in [0.15, 0.2) is 33.5 Å². The third kappa shape index (κ3) is 4.24. The van der Waals surface area contributed by atoms with E-state index in [0.717, 1.165) is 18.2 Å². The molecule has 1 fully saturated rings. The molecule has 0 aliphatic carbocycles. The molecule has 0 radical (unpaired) electrons. The monoisotopic (exact) mass is 422 g/mol. The lowest BCUT2D eigenvalue weighted by Gasteiger charge is -2.39. The van der Waals surface area contributed by atoms with Gasteiger partial charge >= 0.3 is 16.1 Å². The molecule has 0 amide bonds. The molecule has 1 saturated heterocycles. The van der Waals surface area contributed by atoms with Crippen molar-refractivity contribution in [2.24, 2.45) is 0 Å². The fraction of sp³-hybridized carbons (Fsp3) is 0.400. The SMILES string of the molecule is O=c1oc2cc(OS(=O)(=O)F)ccc2cc1O[C@H]1O[C@@H](CO)[C@H](O)[C@@H](O)[C@@H]1O. The van der Waals surface area contributed by atoms with E-state index in [0.29, 0.717) is 0 Å². The van der Waals surface area contributed by atoms with E-state index in [4.69, 9.17) is 19.0 Å². The van der Waals surface area contributed by atoms with Crippen LogP contribution in [0, 0.1) is 0 Å². The molecule has 5 atom stereocenters. The smallest absolute Gasteiger partial charge is 0.454 e. The van der Waals surface area contributed by atoms with Crippen LogP contribution in [-0.4, -0.2) is 66.2 Å². The summed E-state index contributed by atoms with van der Waals surface area (Å²) in [5, 5.41) is 38.8. The molecule has 0 spiro atoms. The van der Waals surface area contributed by atoms with Crippen LogP contribution in [0.4, 0.5) is 3.89 Å². The zero-order chi connectivity index (χ0) is 20.6. The summed E-state index contributed by atoms with van der Waals surface area (Å²) in [4.78, 5) is 12.1. The van der Waals surface area contributed by atoms with Gasteiger partial charge in [-0.25, -0.2) is 4.79 Å². The van der Waals surface area contributed by atoms with Gasteiger partial charge in [0.25, 0.3) is 0 Å². The highest BCUT2D eigenvalue weighted by Gasteiger charge is 2.45. The maximum Gasteiger partial charge on any atom is 0.488 e. The molecule has 3 rings (SSSR count). The molecular formula is C15H15FO11S. The van der Waals surface area contributed by atoms with Gasteiger partial charge < -0.3 is 38.5 Å². The topological polar surface area (TPSA) is 173 Å². The summed E-state index contributed by atoms with van der Waals surface area (Å²) in [6.45, 7) is -0.683. The molecule has 28 heavy (non-hydrogen) atoms. The van der Waals surface area contributed by atoms with Crippen LogP contribution in [0.3, 0.4) is 0 Å². The standard InChI is InChI=1S/C15H15FO11S/c16-28(22,23)27-7-2-1-6-3-9(14(21)24-8(6)4-7)25-15-13(20)12(19)11(18)10(5-17)26-15/h1-4,10-13,15,17-20H,5H2/t10-,11-,12+,13-,15-/m0/s1. The summed E-state index contributed by atoms with van der Waals surface area (Å²) in [5.41, 5.74) is -1.21. The Labute approximate surface area is 156 Å². The first kappa shape index (κ1) is 20.4.